The molecule has 2 atom stereocenters. The number of fused-ring (bicyclic) bond motifs is 1. The summed E-state index contributed by atoms with van der Waals surface area (Å²) >= 11 is 0. The number of hydrogen-bond donors (Lipinski definition) is 2. The van der Waals surface area contributed by atoms with Crippen LogP contribution in [0.3, 0.4) is 0 Å². The van der Waals surface area contributed by atoms with E-state index >= 15 is 0 Å². The number of furan rings is 1. The van der Waals surface area contributed by atoms with Gasteiger partial charge < -0.3 is 14.8 Å². The van der Waals surface area contributed by atoms with Gasteiger partial charge >= 0.3 is 5.97 Å². The van der Waals surface area contributed by atoms with Crippen molar-refractivity contribution >= 4 is 22.8 Å². The summed E-state index contributed by atoms with van der Waals surface area (Å²) in [6, 6.07) is 6.42. The Labute approximate surface area is 122 Å². The summed E-state index contributed by atoms with van der Waals surface area (Å²) < 4.78 is 5.55. The molecule has 0 fully saturated rings. The van der Waals surface area contributed by atoms with Crippen LogP contribution in [0.25, 0.3) is 11.0 Å². The number of aryl methyl sites for hydroxylation is 1. The maximum absolute atomic E-state index is 12.3. The standard InChI is InChI=1S/C16H19NO4/c1-4-9(2)13(16(19)20)17-15(18)14-10(3)11-7-5-6-8-12(11)21-14/h5-9,13H,4H2,1-3H3,(H,17,18)(H,19,20)/t9?,13-/m0/s1. The first-order valence-corrected chi connectivity index (χ1v) is 6.97. The summed E-state index contributed by atoms with van der Waals surface area (Å²) in [5.41, 5.74) is 1.34. The van der Waals surface area contributed by atoms with E-state index in [1.54, 1.807) is 19.9 Å². The molecule has 5 nitrogen and oxygen atoms in total. The minimum Gasteiger partial charge on any atom is -0.480 e. The van der Waals surface area contributed by atoms with Crippen molar-refractivity contribution in [3.8, 4) is 0 Å². The second-order valence-corrected chi connectivity index (χ2v) is 5.23. The van der Waals surface area contributed by atoms with Crippen molar-refractivity contribution in [3.63, 3.8) is 0 Å². The Morgan fingerprint density at radius 2 is 2.00 bits per heavy atom. The predicted molar refractivity (Wildman–Crippen MR) is 79.3 cm³/mol. The summed E-state index contributed by atoms with van der Waals surface area (Å²) in [5, 5.41) is 12.6. The third-order valence-electron chi connectivity index (χ3n) is 3.82. The fraction of sp³-hybridized carbons (Fsp3) is 0.375. The molecular weight excluding hydrogens is 270 g/mol. The van der Waals surface area contributed by atoms with Gasteiger partial charge in [0.15, 0.2) is 5.76 Å². The lowest BCUT2D eigenvalue weighted by atomic mass is 9.99. The Hall–Kier alpha value is -2.30. The second-order valence-electron chi connectivity index (χ2n) is 5.23. The van der Waals surface area contributed by atoms with Gasteiger partial charge in [0.2, 0.25) is 0 Å². The van der Waals surface area contributed by atoms with E-state index in [0.29, 0.717) is 12.0 Å². The molecule has 21 heavy (non-hydrogen) atoms. The molecule has 5 heteroatoms. The monoisotopic (exact) mass is 289 g/mol. The number of amides is 1. The summed E-state index contributed by atoms with van der Waals surface area (Å²) in [5.74, 6) is -1.51. The van der Waals surface area contributed by atoms with Crippen molar-refractivity contribution in [2.24, 2.45) is 5.92 Å². The molecule has 0 spiro atoms. The van der Waals surface area contributed by atoms with Crippen molar-refractivity contribution in [1.29, 1.82) is 0 Å². The number of carboxylic acids is 1. The quantitative estimate of drug-likeness (QED) is 0.886. The number of carbonyl (C=O) groups is 2. The van der Waals surface area contributed by atoms with Crippen LogP contribution in [0, 0.1) is 12.8 Å². The lowest BCUT2D eigenvalue weighted by Gasteiger charge is -2.19. The van der Waals surface area contributed by atoms with E-state index in [2.05, 4.69) is 5.32 Å². The first-order chi connectivity index (χ1) is 9.95. The van der Waals surface area contributed by atoms with Crippen LogP contribution in [0.4, 0.5) is 0 Å². The first-order valence-electron chi connectivity index (χ1n) is 6.97. The van der Waals surface area contributed by atoms with Gasteiger partial charge in [0.1, 0.15) is 11.6 Å². The topological polar surface area (TPSA) is 79.5 Å². The highest BCUT2D eigenvalue weighted by molar-refractivity contribution is 6.00. The molecule has 2 aromatic rings. The summed E-state index contributed by atoms with van der Waals surface area (Å²) in [6.07, 6.45) is 0.663. The Kier molecular flexibility index (Phi) is 4.31. The van der Waals surface area contributed by atoms with Gasteiger partial charge in [-0.25, -0.2) is 4.79 Å². The zero-order chi connectivity index (χ0) is 15.6. The second kappa shape index (κ2) is 5.99. The van der Waals surface area contributed by atoms with Gasteiger partial charge in [-0.15, -0.1) is 0 Å². The molecule has 2 rings (SSSR count). The number of nitrogens with one attached hydrogen (secondary N) is 1. The number of benzene rings is 1. The minimum atomic E-state index is -1.04. The SMILES string of the molecule is CCC(C)[C@H](NC(=O)c1oc2ccccc2c1C)C(=O)O. The van der Waals surface area contributed by atoms with E-state index in [-0.39, 0.29) is 11.7 Å². The highest BCUT2D eigenvalue weighted by Crippen LogP contribution is 2.25. The molecule has 0 radical (unpaired) electrons. The zero-order valence-corrected chi connectivity index (χ0v) is 12.3. The first kappa shape index (κ1) is 15.1. The Balaban J connectivity index is 2.29. The lowest BCUT2D eigenvalue weighted by Crippen LogP contribution is -2.45. The molecule has 1 aromatic heterocycles. The summed E-state index contributed by atoms with van der Waals surface area (Å²) in [7, 11) is 0. The summed E-state index contributed by atoms with van der Waals surface area (Å²) in [4.78, 5) is 23.6. The Bertz CT molecular complexity index is 674. The van der Waals surface area contributed by atoms with Gasteiger partial charge in [0, 0.05) is 10.9 Å². The van der Waals surface area contributed by atoms with E-state index in [4.69, 9.17) is 4.42 Å². The average molecular weight is 289 g/mol. The number of hydrogen-bond acceptors (Lipinski definition) is 3. The van der Waals surface area contributed by atoms with Crippen molar-refractivity contribution in [3.05, 3.63) is 35.6 Å². The minimum absolute atomic E-state index is 0.156. The number of carbonyl (C=O) groups excluding carboxylic acids is 1. The highest BCUT2D eigenvalue weighted by atomic mass is 16.4. The van der Waals surface area contributed by atoms with E-state index in [1.807, 2.05) is 25.1 Å². The molecule has 0 saturated carbocycles. The van der Waals surface area contributed by atoms with Crippen molar-refractivity contribution in [2.45, 2.75) is 33.2 Å². The van der Waals surface area contributed by atoms with Crippen LogP contribution < -0.4 is 5.32 Å². The predicted octanol–water partition coefficient (Wildman–Crippen LogP) is 2.97. The third-order valence-corrected chi connectivity index (χ3v) is 3.82. The van der Waals surface area contributed by atoms with Crippen LogP contribution in [0.2, 0.25) is 0 Å². The fourth-order valence-corrected chi connectivity index (χ4v) is 2.28. The molecular formula is C16H19NO4. The molecule has 1 amide bonds. The van der Waals surface area contributed by atoms with Crippen molar-refractivity contribution in [1.82, 2.24) is 5.32 Å². The van der Waals surface area contributed by atoms with Gasteiger partial charge in [-0.3, -0.25) is 4.79 Å². The van der Waals surface area contributed by atoms with Crippen LogP contribution in [0.15, 0.2) is 28.7 Å². The largest absolute Gasteiger partial charge is 0.480 e. The number of carboxylic acid groups (broad SMARTS) is 1. The lowest BCUT2D eigenvalue weighted by molar-refractivity contribution is -0.140. The van der Waals surface area contributed by atoms with Crippen molar-refractivity contribution in [2.75, 3.05) is 0 Å². The average Bonchev–Trinajstić information content (AvgIpc) is 2.81. The molecule has 0 aliphatic carbocycles. The van der Waals surface area contributed by atoms with Crippen LogP contribution in [-0.2, 0) is 4.79 Å². The molecule has 0 aliphatic rings. The maximum Gasteiger partial charge on any atom is 0.326 e. The van der Waals surface area contributed by atoms with E-state index in [9.17, 15) is 14.7 Å². The van der Waals surface area contributed by atoms with Gasteiger partial charge in [0.25, 0.3) is 5.91 Å². The van der Waals surface area contributed by atoms with Crippen LogP contribution in [-0.4, -0.2) is 23.0 Å². The number of aliphatic carboxylic acids is 1. The van der Waals surface area contributed by atoms with Gasteiger partial charge in [-0.1, -0.05) is 38.5 Å². The molecule has 0 aliphatic heterocycles. The number of rotatable bonds is 5. The van der Waals surface area contributed by atoms with Gasteiger partial charge in [0.05, 0.1) is 0 Å². The van der Waals surface area contributed by atoms with Crippen LogP contribution in [0.5, 0.6) is 0 Å². The smallest absolute Gasteiger partial charge is 0.326 e. The zero-order valence-electron chi connectivity index (χ0n) is 12.3. The van der Waals surface area contributed by atoms with Crippen LogP contribution >= 0.6 is 0 Å². The molecule has 1 aromatic carbocycles. The molecule has 0 saturated heterocycles. The van der Waals surface area contributed by atoms with Crippen molar-refractivity contribution < 1.29 is 19.1 Å². The Morgan fingerprint density at radius 3 is 2.57 bits per heavy atom. The number of para-hydroxylation sites is 1. The molecule has 2 N–H and O–H groups in total. The molecule has 0 bridgehead atoms. The fourth-order valence-electron chi connectivity index (χ4n) is 2.28. The molecule has 1 unspecified atom stereocenters. The van der Waals surface area contributed by atoms with E-state index < -0.39 is 17.9 Å². The highest BCUT2D eigenvalue weighted by Gasteiger charge is 2.28. The van der Waals surface area contributed by atoms with Gasteiger partial charge in [-0.05, 0) is 18.9 Å². The normalized spacial score (nSPS) is 13.9. The molecule has 1 heterocycles. The third kappa shape index (κ3) is 2.91. The molecule has 112 valence electrons. The summed E-state index contributed by atoms with van der Waals surface area (Å²) in [6.45, 7) is 5.48. The maximum atomic E-state index is 12.3. The van der Waals surface area contributed by atoms with Gasteiger partial charge in [-0.2, -0.15) is 0 Å². The van der Waals surface area contributed by atoms with Crippen LogP contribution in [0.1, 0.15) is 36.4 Å². The Morgan fingerprint density at radius 1 is 1.33 bits per heavy atom. The van der Waals surface area contributed by atoms with E-state index in [1.165, 1.54) is 0 Å². The van der Waals surface area contributed by atoms with E-state index in [0.717, 1.165) is 10.9 Å².